The molecule has 1 heterocycles. The number of hydrogen-bond donors (Lipinski definition) is 1. The van der Waals surface area contributed by atoms with Gasteiger partial charge >= 0.3 is 0 Å². The van der Waals surface area contributed by atoms with Crippen LogP contribution in [0, 0.1) is 5.82 Å². The number of benzene rings is 1. The van der Waals surface area contributed by atoms with E-state index in [1.165, 1.54) is 6.20 Å². The van der Waals surface area contributed by atoms with Crippen molar-refractivity contribution in [3.63, 3.8) is 0 Å². The molecule has 98 valence electrons. The monoisotopic (exact) mass is 278 g/mol. The number of hydrogen-bond acceptors (Lipinski definition) is 2. The first kappa shape index (κ1) is 13.5. The van der Waals surface area contributed by atoms with Gasteiger partial charge in [0.2, 0.25) is 0 Å². The Labute approximate surface area is 115 Å². The minimum Gasteiger partial charge on any atom is -0.348 e. The first-order valence-corrected chi connectivity index (χ1v) is 6.25. The van der Waals surface area contributed by atoms with Crippen LogP contribution in [-0.4, -0.2) is 10.9 Å². The van der Waals surface area contributed by atoms with Gasteiger partial charge in [0.25, 0.3) is 5.91 Å². The van der Waals surface area contributed by atoms with E-state index in [0.29, 0.717) is 12.4 Å². The second-order valence-electron chi connectivity index (χ2n) is 4.03. The number of aromatic nitrogens is 1. The molecule has 1 N–H and O–H groups in total. The van der Waals surface area contributed by atoms with E-state index in [4.69, 9.17) is 11.6 Å². The molecule has 5 heteroatoms. The number of amides is 1. The molecule has 1 aromatic carbocycles. The Balaban J connectivity index is 2.00. The van der Waals surface area contributed by atoms with Crippen molar-refractivity contribution in [1.29, 1.82) is 0 Å². The van der Waals surface area contributed by atoms with Crippen molar-refractivity contribution >= 4 is 17.5 Å². The van der Waals surface area contributed by atoms with Crippen molar-refractivity contribution in [1.82, 2.24) is 10.3 Å². The molecule has 0 atom stereocenters. The van der Waals surface area contributed by atoms with Gasteiger partial charge in [-0.1, -0.05) is 24.3 Å². The van der Waals surface area contributed by atoms with Gasteiger partial charge in [-0.2, -0.15) is 0 Å². The number of alkyl halides is 1. The molecule has 0 unspecified atom stereocenters. The number of nitrogens with one attached hydrogen (secondary N) is 1. The largest absolute Gasteiger partial charge is 0.348 e. The number of halogens is 2. The van der Waals surface area contributed by atoms with Crippen molar-refractivity contribution in [2.75, 3.05) is 0 Å². The topological polar surface area (TPSA) is 42.0 Å². The molecule has 0 saturated carbocycles. The zero-order valence-electron chi connectivity index (χ0n) is 10.1. The fraction of sp³-hybridized carbons (Fsp3) is 0.143. The van der Waals surface area contributed by atoms with Crippen LogP contribution in [0.1, 0.15) is 21.5 Å². The van der Waals surface area contributed by atoms with Crippen LogP contribution in [0.25, 0.3) is 0 Å². The third-order valence-electron chi connectivity index (χ3n) is 2.57. The summed E-state index contributed by atoms with van der Waals surface area (Å²) in [6.45, 7) is 0.361. The van der Waals surface area contributed by atoms with Gasteiger partial charge in [0.05, 0.1) is 11.8 Å². The summed E-state index contributed by atoms with van der Waals surface area (Å²) >= 11 is 5.74. The van der Waals surface area contributed by atoms with Gasteiger partial charge in [-0.25, -0.2) is 4.39 Å². The zero-order valence-corrected chi connectivity index (χ0v) is 10.8. The maximum Gasteiger partial charge on any atom is 0.253 e. The lowest BCUT2D eigenvalue weighted by molar-refractivity contribution is 0.0950. The lowest BCUT2D eigenvalue weighted by atomic mass is 10.1. The van der Waals surface area contributed by atoms with Crippen LogP contribution in [0.5, 0.6) is 0 Å². The average molecular weight is 279 g/mol. The van der Waals surface area contributed by atoms with Crippen LogP contribution in [0.3, 0.4) is 0 Å². The van der Waals surface area contributed by atoms with Crippen LogP contribution < -0.4 is 5.32 Å². The van der Waals surface area contributed by atoms with Crippen LogP contribution in [0.2, 0.25) is 0 Å². The number of nitrogens with zero attached hydrogens (tertiary/aromatic N) is 1. The van der Waals surface area contributed by atoms with E-state index in [1.807, 2.05) is 24.3 Å². The second kappa shape index (κ2) is 6.29. The van der Waals surface area contributed by atoms with Gasteiger partial charge in [0.1, 0.15) is 5.82 Å². The molecule has 2 aromatic rings. The normalized spacial score (nSPS) is 10.2. The molecule has 0 aliphatic heterocycles. The summed E-state index contributed by atoms with van der Waals surface area (Å²) < 4.78 is 12.9. The van der Waals surface area contributed by atoms with E-state index in [9.17, 15) is 9.18 Å². The van der Waals surface area contributed by atoms with Gasteiger partial charge in [0, 0.05) is 18.6 Å². The van der Waals surface area contributed by atoms with E-state index in [1.54, 1.807) is 0 Å². The molecule has 2 rings (SSSR count). The van der Waals surface area contributed by atoms with E-state index >= 15 is 0 Å². The smallest absolute Gasteiger partial charge is 0.253 e. The van der Waals surface area contributed by atoms with Gasteiger partial charge in [-0.15, -0.1) is 11.6 Å². The molecule has 0 aliphatic rings. The first-order chi connectivity index (χ1) is 9.19. The maximum atomic E-state index is 12.9. The average Bonchev–Trinajstić information content (AvgIpc) is 2.45. The summed E-state index contributed by atoms with van der Waals surface area (Å²) in [5, 5.41) is 2.71. The number of rotatable bonds is 4. The summed E-state index contributed by atoms with van der Waals surface area (Å²) in [6, 6.07) is 8.74. The van der Waals surface area contributed by atoms with Crippen molar-refractivity contribution in [2.45, 2.75) is 12.4 Å². The van der Waals surface area contributed by atoms with Gasteiger partial charge < -0.3 is 5.32 Å². The highest BCUT2D eigenvalue weighted by Gasteiger charge is 2.06. The molecule has 1 amide bonds. The SMILES string of the molecule is O=C(NCc1cccc(CCl)c1)c1cncc(F)c1. The quantitative estimate of drug-likeness (QED) is 0.874. The fourth-order valence-electron chi connectivity index (χ4n) is 1.64. The minimum atomic E-state index is -0.531. The Morgan fingerprint density at radius 3 is 2.79 bits per heavy atom. The van der Waals surface area contributed by atoms with E-state index in [0.717, 1.165) is 23.4 Å². The molecule has 0 saturated heterocycles. The molecular formula is C14H12ClFN2O. The third kappa shape index (κ3) is 3.76. The van der Waals surface area contributed by atoms with E-state index in [-0.39, 0.29) is 11.5 Å². The lowest BCUT2D eigenvalue weighted by Gasteiger charge is -2.06. The van der Waals surface area contributed by atoms with Crippen LogP contribution >= 0.6 is 11.6 Å². The van der Waals surface area contributed by atoms with Gasteiger partial charge in [-0.3, -0.25) is 9.78 Å². The molecule has 0 fully saturated rings. The predicted octanol–water partition coefficient (Wildman–Crippen LogP) is 2.89. The Morgan fingerprint density at radius 2 is 2.05 bits per heavy atom. The fourth-order valence-corrected chi connectivity index (χ4v) is 1.81. The highest BCUT2D eigenvalue weighted by atomic mass is 35.5. The van der Waals surface area contributed by atoms with Crippen molar-refractivity contribution in [2.24, 2.45) is 0 Å². The molecule has 0 radical (unpaired) electrons. The highest BCUT2D eigenvalue weighted by molar-refractivity contribution is 6.17. The van der Waals surface area contributed by atoms with Gasteiger partial charge in [0.15, 0.2) is 0 Å². The highest BCUT2D eigenvalue weighted by Crippen LogP contribution is 2.08. The lowest BCUT2D eigenvalue weighted by Crippen LogP contribution is -2.23. The Morgan fingerprint density at radius 1 is 1.26 bits per heavy atom. The molecule has 1 aromatic heterocycles. The van der Waals surface area contributed by atoms with Crippen LogP contribution in [0.4, 0.5) is 4.39 Å². The summed E-state index contributed by atoms with van der Waals surface area (Å²) in [7, 11) is 0. The number of pyridine rings is 1. The van der Waals surface area contributed by atoms with E-state index < -0.39 is 5.82 Å². The number of carbonyl (C=O) groups excluding carboxylic acids is 1. The van der Waals surface area contributed by atoms with Crippen molar-refractivity contribution < 1.29 is 9.18 Å². The van der Waals surface area contributed by atoms with Crippen LogP contribution in [0.15, 0.2) is 42.7 Å². The van der Waals surface area contributed by atoms with Crippen LogP contribution in [-0.2, 0) is 12.4 Å². The van der Waals surface area contributed by atoms with E-state index in [2.05, 4.69) is 10.3 Å². The summed E-state index contributed by atoms with van der Waals surface area (Å²) in [5.41, 5.74) is 2.13. The van der Waals surface area contributed by atoms with Crippen molar-refractivity contribution in [3.8, 4) is 0 Å². The Bertz CT molecular complexity index is 589. The molecular weight excluding hydrogens is 267 g/mol. The van der Waals surface area contributed by atoms with Crippen molar-refractivity contribution in [3.05, 3.63) is 65.2 Å². The molecule has 3 nitrogen and oxygen atoms in total. The standard InChI is InChI=1S/C14H12ClFN2O/c15-6-10-2-1-3-11(4-10)7-18-14(19)12-5-13(16)9-17-8-12/h1-5,8-9H,6-7H2,(H,18,19). The molecule has 19 heavy (non-hydrogen) atoms. The Hall–Kier alpha value is -1.94. The second-order valence-corrected chi connectivity index (χ2v) is 4.30. The van der Waals surface area contributed by atoms with Gasteiger partial charge in [-0.05, 0) is 17.2 Å². The predicted molar refractivity (Wildman–Crippen MR) is 71.4 cm³/mol. The molecule has 0 aliphatic carbocycles. The Kier molecular flexibility index (Phi) is 4.47. The number of carbonyl (C=O) groups is 1. The minimum absolute atomic E-state index is 0.202. The summed E-state index contributed by atoms with van der Waals surface area (Å²) in [5.74, 6) is -0.463. The summed E-state index contributed by atoms with van der Waals surface area (Å²) in [6.07, 6.45) is 2.38. The molecule has 0 bridgehead atoms. The maximum absolute atomic E-state index is 12.9. The summed E-state index contributed by atoms with van der Waals surface area (Å²) in [4.78, 5) is 15.4. The first-order valence-electron chi connectivity index (χ1n) is 5.71. The molecule has 0 spiro atoms. The zero-order chi connectivity index (χ0) is 13.7. The third-order valence-corrected chi connectivity index (χ3v) is 2.87.